The van der Waals surface area contributed by atoms with Crippen molar-refractivity contribution < 1.29 is 24.3 Å². The molecule has 16 heteroatoms. The second-order valence-electron chi connectivity index (χ2n) is 8.03. The van der Waals surface area contributed by atoms with Gasteiger partial charge in [-0.3, -0.25) is 14.5 Å². The monoisotopic (exact) mass is 533 g/mol. The molecular formula is C20H23N9O5S2. The molecular weight excluding hydrogens is 510 g/mol. The number of carbonyl (C=O) groups is 3. The van der Waals surface area contributed by atoms with Crippen LogP contribution < -0.4 is 11.1 Å². The Labute approximate surface area is 213 Å². The summed E-state index contributed by atoms with van der Waals surface area (Å²) in [5.41, 5.74) is 6.24. The Bertz CT molecular complexity index is 1260. The molecule has 1 saturated heterocycles. The number of anilines is 1. The summed E-state index contributed by atoms with van der Waals surface area (Å²) in [6.07, 6.45) is -0.305. The molecule has 190 valence electrons. The van der Waals surface area contributed by atoms with E-state index >= 15 is 0 Å². The van der Waals surface area contributed by atoms with E-state index in [-0.39, 0.29) is 29.0 Å². The van der Waals surface area contributed by atoms with Crippen molar-refractivity contribution in [2.75, 3.05) is 17.2 Å². The number of fused-ring (bicyclic) bond motifs is 1. The number of carboxylic acid groups (broad SMARTS) is 1. The minimum Gasteiger partial charge on any atom is -0.477 e. The number of aliphatic carboxylic acids is 1. The number of nitrogens with two attached hydrogens (primary N) is 1. The number of nitrogen functional groups attached to an aromatic ring is 1. The molecule has 0 saturated carbocycles. The number of hydrogen-bond donors (Lipinski definition) is 3. The summed E-state index contributed by atoms with van der Waals surface area (Å²) in [4.78, 5) is 48.8. The molecule has 2 unspecified atom stereocenters. The molecule has 0 aromatic carbocycles. The molecule has 4 heterocycles. The number of nitrogens with zero attached hydrogens (tertiary/aromatic N) is 7. The van der Waals surface area contributed by atoms with Crippen LogP contribution in [0.5, 0.6) is 0 Å². The maximum atomic E-state index is 13.1. The minimum atomic E-state index is -1.22. The van der Waals surface area contributed by atoms with Gasteiger partial charge in [-0.05, 0) is 42.0 Å². The Balaban J connectivity index is 1.51. The molecule has 2 atom stereocenters. The molecule has 2 aliphatic heterocycles. The standard InChI is InChI=1S/C20H23N9O5S2/c1-9(2)34-25-13(11-5-4-6-12(21)22-11)16(30)23-14-17(31)29-15(19(32)33)10(7-35-18(14)29)8-36-20-24-26-27-28(20)3/h4-6,9,14,18H,7-8H2,1-3H3,(H2,21,22)(H,23,30)(H,32,33)/b25-13+. The number of nitrogens with one attached hydrogen (secondary N) is 1. The lowest BCUT2D eigenvalue weighted by Gasteiger charge is -2.49. The van der Waals surface area contributed by atoms with Crippen molar-refractivity contribution in [1.82, 2.24) is 35.4 Å². The lowest BCUT2D eigenvalue weighted by atomic mass is 10.0. The molecule has 14 nitrogen and oxygen atoms in total. The third kappa shape index (κ3) is 5.13. The van der Waals surface area contributed by atoms with Gasteiger partial charge >= 0.3 is 5.97 Å². The fourth-order valence-corrected chi connectivity index (χ4v) is 5.78. The summed E-state index contributed by atoms with van der Waals surface area (Å²) >= 11 is 2.63. The molecule has 0 radical (unpaired) electrons. The van der Waals surface area contributed by atoms with Crippen LogP contribution in [-0.2, 0) is 26.3 Å². The largest absolute Gasteiger partial charge is 0.477 e. The maximum Gasteiger partial charge on any atom is 0.352 e. The molecule has 2 aromatic rings. The Morgan fingerprint density at radius 1 is 1.42 bits per heavy atom. The van der Waals surface area contributed by atoms with Gasteiger partial charge in [0.05, 0.1) is 0 Å². The van der Waals surface area contributed by atoms with Gasteiger partial charge in [0.1, 0.15) is 34.7 Å². The highest BCUT2D eigenvalue weighted by molar-refractivity contribution is 8.01. The summed E-state index contributed by atoms with van der Waals surface area (Å²) in [6.45, 7) is 3.49. The third-order valence-corrected chi connectivity index (χ3v) is 7.51. The highest BCUT2D eigenvalue weighted by Crippen LogP contribution is 2.41. The highest BCUT2D eigenvalue weighted by atomic mass is 32.2. The number of thioether (sulfide) groups is 2. The van der Waals surface area contributed by atoms with Crippen molar-refractivity contribution in [2.24, 2.45) is 12.2 Å². The first-order valence-electron chi connectivity index (χ1n) is 10.7. The summed E-state index contributed by atoms with van der Waals surface area (Å²) in [7, 11) is 1.68. The summed E-state index contributed by atoms with van der Waals surface area (Å²) in [6, 6.07) is 3.78. The van der Waals surface area contributed by atoms with Crippen LogP contribution in [0.4, 0.5) is 5.82 Å². The lowest BCUT2D eigenvalue weighted by Crippen LogP contribution is -2.71. The fraction of sp³-hybridized carbons (Fsp3) is 0.400. The van der Waals surface area contributed by atoms with E-state index in [4.69, 9.17) is 10.6 Å². The van der Waals surface area contributed by atoms with Crippen LogP contribution in [0.1, 0.15) is 19.5 Å². The van der Waals surface area contributed by atoms with Gasteiger partial charge < -0.3 is 21.0 Å². The topological polar surface area (TPSA) is 191 Å². The first kappa shape index (κ1) is 25.4. The average molecular weight is 534 g/mol. The number of carbonyl (C=O) groups excluding carboxylic acids is 2. The molecule has 2 amide bonds. The second kappa shape index (κ2) is 10.5. The fourth-order valence-electron chi connectivity index (χ4n) is 3.45. The van der Waals surface area contributed by atoms with Crippen molar-refractivity contribution in [3.63, 3.8) is 0 Å². The number of oxime groups is 1. The Morgan fingerprint density at radius 2 is 2.19 bits per heavy atom. The van der Waals surface area contributed by atoms with Gasteiger partial charge in [0.25, 0.3) is 11.8 Å². The van der Waals surface area contributed by atoms with Crippen LogP contribution in [0.3, 0.4) is 0 Å². The van der Waals surface area contributed by atoms with E-state index in [2.05, 4.69) is 31.0 Å². The van der Waals surface area contributed by atoms with E-state index < -0.39 is 29.2 Å². The van der Waals surface area contributed by atoms with Crippen LogP contribution in [0.25, 0.3) is 0 Å². The van der Waals surface area contributed by atoms with E-state index in [1.165, 1.54) is 33.1 Å². The van der Waals surface area contributed by atoms with Gasteiger partial charge in [-0.2, -0.15) is 0 Å². The van der Waals surface area contributed by atoms with Gasteiger partial charge in [0, 0.05) is 18.6 Å². The van der Waals surface area contributed by atoms with Gasteiger partial charge in [-0.25, -0.2) is 14.5 Å². The highest BCUT2D eigenvalue weighted by Gasteiger charge is 2.54. The zero-order valence-electron chi connectivity index (χ0n) is 19.5. The van der Waals surface area contributed by atoms with Crippen molar-refractivity contribution in [3.05, 3.63) is 35.2 Å². The summed E-state index contributed by atoms with van der Waals surface area (Å²) in [5, 5.41) is 27.5. The first-order valence-corrected chi connectivity index (χ1v) is 12.7. The van der Waals surface area contributed by atoms with E-state index in [1.807, 2.05) is 0 Å². The molecule has 0 spiro atoms. The van der Waals surface area contributed by atoms with Crippen molar-refractivity contribution >= 4 is 52.8 Å². The Hall–Kier alpha value is -3.66. The molecule has 1 fully saturated rings. The predicted octanol–water partition coefficient (Wildman–Crippen LogP) is -0.153. The van der Waals surface area contributed by atoms with Gasteiger partial charge in [0.2, 0.25) is 5.16 Å². The van der Waals surface area contributed by atoms with Crippen molar-refractivity contribution in [2.45, 2.75) is 36.5 Å². The third-order valence-electron chi connectivity index (χ3n) is 5.08. The number of aryl methyl sites for hydroxylation is 1. The molecule has 0 bridgehead atoms. The molecule has 0 aliphatic carbocycles. The van der Waals surface area contributed by atoms with Gasteiger partial charge in [-0.15, -0.1) is 16.9 Å². The number of pyridine rings is 1. The lowest BCUT2D eigenvalue weighted by molar-refractivity contribution is -0.150. The van der Waals surface area contributed by atoms with Crippen LogP contribution in [0, 0.1) is 0 Å². The SMILES string of the molecule is CC(C)O/N=C(/C(=O)NC1C(=O)N2C(C(=O)O)=C(CSc3nnnn3C)CSC12)c1cccc(N)n1. The number of aromatic nitrogens is 5. The molecule has 4 rings (SSSR count). The molecule has 4 N–H and O–H groups in total. The zero-order valence-corrected chi connectivity index (χ0v) is 21.1. The maximum absolute atomic E-state index is 13.1. The first-order chi connectivity index (χ1) is 17.2. The number of amides is 2. The number of carboxylic acids is 1. The van der Waals surface area contributed by atoms with E-state index in [9.17, 15) is 19.5 Å². The van der Waals surface area contributed by atoms with Gasteiger partial charge in [-0.1, -0.05) is 23.0 Å². The average Bonchev–Trinajstić information content (AvgIpc) is 3.24. The molecule has 2 aromatic heterocycles. The van der Waals surface area contributed by atoms with Gasteiger partial charge in [0.15, 0.2) is 5.71 Å². The summed E-state index contributed by atoms with van der Waals surface area (Å²) < 4.78 is 1.47. The molecule has 2 aliphatic rings. The van der Waals surface area contributed by atoms with E-state index in [0.717, 1.165) is 0 Å². The minimum absolute atomic E-state index is 0.0913. The number of β-lactam (4-membered cyclic amide) rings is 1. The van der Waals surface area contributed by atoms with E-state index in [1.54, 1.807) is 39.1 Å². The van der Waals surface area contributed by atoms with Crippen LogP contribution in [0.2, 0.25) is 0 Å². The predicted molar refractivity (Wildman–Crippen MR) is 131 cm³/mol. The van der Waals surface area contributed by atoms with Crippen LogP contribution >= 0.6 is 23.5 Å². The number of tetrazole rings is 1. The zero-order chi connectivity index (χ0) is 26.0. The van der Waals surface area contributed by atoms with Crippen molar-refractivity contribution in [1.29, 1.82) is 0 Å². The quantitative estimate of drug-likeness (QED) is 0.167. The second-order valence-corrected chi connectivity index (χ2v) is 10.1. The normalized spacial score (nSPS) is 19.7. The Morgan fingerprint density at radius 3 is 2.83 bits per heavy atom. The number of hydrogen-bond acceptors (Lipinski definition) is 12. The van der Waals surface area contributed by atoms with Crippen LogP contribution in [0.15, 0.2) is 39.8 Å². The summed E-state index contributed by atoms with van der Waals surface area (Å²) in [5.74, 6) is -1.61. The Kier molecular flexibility index (Phi) is 7.44. The smallest absolute Gasteiger partial charge is 0.352 e. The molecule has 36 heavy (non-hydrogen) atoms. The van der Waals surface area contributed by atoms with Crippen molar-refractivity contribution in [3.8, 4) is 0 Å². The number of rotatable bonds is 9. The van der Waals surface area contributed by atoms with E-state index in [0.29, 0.717) is 22.2 Å². The van der Waals surface area contributed by atoms with Crippen LogP contribution in [-0.4, -0.2) is 87.7 Å².